The second-order valence-corrected chi connectivity index (χ2v) is 7.49. The van der Waals surface area contributed by atoms with Crippen LogP contribution < -0.4 is 4.90 Å². The Morgan fingerprint density at radius 3 is 2.74 bits per heavy atom. The van der Waals surface area contributed by atoms with Crippen LogP contribution in [0.5, 0.6) is 0 Å². The number of hydrogen-bond donors (Lipinski definition) is 0. The Bertz CT molecular complexity index is 612. The van der Waals surface area contributed by atoms with Crippen molar-refractivity contribution < 1.29 is 0 Å². The Hall–Kier alpha value is -0.870. The van der Waals surface area contributed by atoms with Crippen LogP contribution in [0.15, 0.2) is 12.4 Å². The molecule has 2 aliphatic heterocycles. The van der Waals surface area contributed by atoms with Gasteiger partial charge in [0.15, 0.2) is 0 Å². The Morgan fingerprint density at radius 2 is 2.00 bits per heavy atom. The fourth-order valence-electron chi connectivity index (χ4n) is 3.63. The van der Waals surface area contributed by atoms with Gasteiger partial charge in [-0.15, -0.1) is 22.9 Å². The summed E-state index contributed by atoms with van der Waals surface area (Å²) in [5.74, 6) is 1.13. The van der Waals surface area contributed by atoms with Crippen LogP contribution in [0, 0.1) is 6.92 Å². The molecule has 4 rings (SSSR count). The molecule has 2 aromatic rings. The number of piperidine rings is 1. The maximum atomic E-state index is 6.36. The van der Waals surface area contributed by atoms with Crippen molar-refractivity contribution in [3.05, 3.63) is 17.3 Å². The fraction of sp³-hybridized carbons (Fsp3) is 0.571. The van der Waals surface area contributed by atoms with Crippen molar-refractivity contribution >= 4 is 39.0 Å². The van der Waals surface area contributed by atoms with Crippen LogP contribution in [0.25, 0.3) is 10.2 Å². The van der Waals surface area contributed by atoms with Gasteiger partial charge in [-0.05, 0) is 38.7 Å². The number of thiophene rings is 1. The topological polar surface area (TPSA) is 29.0 Å². The molecule has 2 fully saturated rings. The summed E-state index contributed by atoms with van der Waals surface area (Å²) in [6.07, 6.45) is 6.39. The van der Waals surface area contributed by atoms with Crippen LogP contribution in [0.1, 0.15) is 30.6 Å². The molecule has 2 aliphatic rings. The largest absolute Gasteiger partial charge is 0.350 e. The SMILES string of the molecule is Cc1cc2c(N3C4CCC3CC(Cl)C4)ncnc2s1. The number of alkyl halides is 1. The third-order valence-corrected chi connectivity index (χ3v) is 5.67. The van der Waals surface area contributed by atoms with Gasteiger partial charge in [0, 0.05) is 22.3 Å². The number of anilines is 1. The lowest BCUT2D eigenvalue weighted by Crippen LogP contribution is -2.44. The van der Waals surface area contributed by atoms with Gasteiger partial charge in [-0.3, -0.25) is 0 Å². The zero-order chi connectivity index (χ0) is 13.0. The molecule has 0 amide bonds. The first-order valence-corrected chi connectivity index (χ1v) is 8.11. The van der Waals surface area contributed by atoms with E-state index < -0.39 is 0 Å². The maximum absolute atomic E-state index is 6.36. The van der Waals surface area contributed by atoms with E-state index >= 15 is 0 Å². The van der Waals surface area contributed by atoms with Gasteiger partial charge >= 0.3 is 0 Å². The fourth-order valence-corrected chi connectivity index (χ4v) is 4.88. The highest BCUT2D eigenvalue weighted by molar-refractivity contribution is 7.18. The Balaban J connectivity index is 1.82. The van der Waals surface area contributed by atoms with Gasteiger partial charge in [0.2, 0.25) is 0 Å². The zero-order valence-corrected chi connectivity index (χ0v) is 12.4. The molecule has 0 saturated carbocycles. The second-order valence-electron chi connectivity index (χ2n) is 5.63. The molecule has 2 saturated heterocycles. The summed E-state index contributed by atoms with van der Waals surface area (Å²) in [7, 11) is 0. The third kappa shape index (κ3) is 1.84. The number of aromatic nitrogens is 2. The van der Waals surface area contributed by atoms with E-state index in [2.05, 4.69) is 27.9 Å². The van der Waals surface area contributed by atoms with Crippen molar-refractivity contribution in [3.63, 3.8) is 0 Å². The predicted octanol–water partition coefficient (Wildman–Crippen LogP) is 3.74. The molecule has 5 heteroatoms. The molecule has 100 valence electrons. The molecule has 2 unspecified atom stereocenters. The molecule has 19 heavy (non-hydrogen) atoms. The lowest BCUT2D eigenvalue weighted by Gasteiger charge is -2.38. The summed E-state index contributed by atoms with van der Waals surface area (Å²) in [6.45, 7) is 2.13. The highest BCUT2D eigenvalue weighted by Gasteiger charge is 2.41. The van der Waals surface area contributed by atoms with Crippen molar-refractivity contribution in [3.8, 4) is 0 Å². The van der Waals surface area contributed by atoms with Crippen LogP contribution in [0.2, 0.25) is 0 Å². The van der Waals surface area contributed by atoms with Crippen LogP contribution in [0.3, 0.4) is 0 Å². The molecule has 0 N–H and O–H groups in total. The quantitative estimate of drug-likeness (QED) is 0.750. The molecular weight excluding hydrogens is 278 g/mol. The standard InChI is InChI=1S/C14H16ClN3S/c1-8-4-12-13(16-7-17-14(12)19-8)18-10-2-3-11(18)6-9(15)5-10/h4,7,9-11H,2-3,5-6H2,1H3. The monoisotopic (exact) mass is 293 g/mol. The van der Waals surface area contributed by atoms with Crippen molar-refractivity contribution in [1.82, 2.24) is 9.97 Å². The van der Waals surface area contributed by atoms with Crippen LogP contribution >= 0.6 is 22.9 Å². The average Bonchev–Trinajstić information content (AvgIpc) is 2.87. The third-order valence-electron chi connectivity index (χ3n) is 4.35. The number of hydrogen-bond acceptors (Lipinski definition) is 4. The van der Waals surface area contributed by atoms with E-state index in [1.807, 2.05) is 0 Å². The van der Waals surface area contributed by atoms with Gasteiger partial charge in [-0.2, -0.15) is 0 Å². The first kappa shape index (κ1) is 11.9. The smallest absolute Gasteiger partial charge is 0.141 e. The van der Waals surface area contributed by atoms with E-state index in [0.717, 1.165) is 23.5 Å². The summed E-state index contributed by atoms with van der Waals surface area (Å²) < 4.78 is 0. The summed E-state index contributed by atoms with van der Waals surface area (Å²) in [4.78, 5) is 13.9. The van der Waals surface area contributed by atoms with Gasteiger partial charge in [0.05, 0.1) is 5.39 Å². The van der Waals surface area contributed by atoms with Crippen LogP contribution in [-0.2, 0) is 0 Å². The van der Waals surface area contributed by atoms with Crippen LogP contribution in [0.4, 0.5) is 5.82 Å². The van der Waals surface area contributed by atoms with Gasteiger partial charge in [-0.25, -0.2) is 9.97 Å². The van der Waals surface area contributed by atoms with Crippen molar-refractivity contribution in [2.45, 2.75) is 50.1 Å². The van der Waals surface area contributed by atoms with E-state index in [-0.39, 0.29) is 0 Å². The normalized spacial score (nSPS) is 30.2. The summed E-state index contributed by atoms with van der Waals surface area (Å²) in [5.41, 5.74) is 0. The minimum atomic E-state index is 0.343. The highest BCUT2D eigenvalue weighted by atomic mass is 35.5. The summed E-state index contributed by atoms with van der Waals surface area (Å²) in [5, 5.41) is 1.56. The predicted molar refractivity (Wildman–Crippen MR) is 80.3 cm³/mol. The first-order valence-electron chi connectivity index (χ1n) is 6.86. The van der Waals surface area contributed by atoms with Gasteiger partial charge < -0.3 is 4.90 Å². The zero-order valence-electron chi connectivity index (χ0n) is 10.8. The molecule has 3 nitrogen and oxygen atoms in total. The summed E-state index contributed by atoms with van der Waals surface area (Å²) >= 11 is 8.11. The van der Waals surface area contributed by atoms with Crippen molar-refractivity contribution in [2.75, 3.05) is 4.90 Å². The Labute approximate surface area is 121 Å². The summed E-state index contributed by atoms with van der Waals surface area (Å²) in [6, 6.07) is 3.36. The number of nitrogens with zero attached hydrogens (tertiary/aromatic N) is 3. The number of aryl methyl sites for hydroxylation is 1. The van der Waals surface area contributed by atoms with Gasteiger partial charge in [0.1, 0.15) is 17.0 Å². The second kappa shape index (κ2) is 4.32. The minimum absolute atomic E-state index is 0.343. The van der Waals surface area contributed by atoms with E-state index in [9.17, 15) is 0 Å². The number of halogens is 1. The molecular formula is C14H16ClN3S. The lowest BCUT2D eigenvalue weighted by molar-refractivity contribution is 0.471. The van der Waals surface area contributed by atoms with Gasteiger partial charge in [0.25, 0.3) is 0 Å². The molecule has 0 aliphatic carbocycles. The Kier molecular flexibility index (Phi) is 2.71. The highest BCUT2D eigenvalue weighted by Crippen LogP contribution is 2.42. The number of fused-ring (bicyclic) bond motifs is 3. The molecule has 2 atom stereocenters. The molecule has 0 radical (unpaired) electrons. The van der Waals surface area contributed by atoms with E-state index in [1.165, 1.54) is 23.1 Å². The molecule has 0 spiro atoms. The molecule has 4 heterocycles. The maximum Gasteiger partial charge on any atom is 0.141 e. The molecule has 2 bridgehead atoms. The first-order chi connectivity index (χ1) is 9.22. The van der Waals surface area contributed by atoms with Crippen molar-refractivity contribution in [1.29, 1.82) is 0 Å². The Morgan fingerprint density at radius 1 is 1.26 bits per heavy atom. The lowest BCUT2D eigenvalue weighted by atomic mass is 10.0. The minimum Gasteiger partial charge on any atom is -0.350 e. The van der Waals surface area contributed by atoms with E-state index in [0.29, 0.717) is 17.5 Å². The molecule has 2 aromatic heterocycles. The van der Waals surface area contributed by atoms with Gasteiger partial charge in [-0.1, -0.05) is 0 Å². The van der Waals surface area contributed by atoms with Crippen LogP contribution in [-0.4, -0.2) is 27.4 Å². The van der Waals surface area contributed by atoms with E-state index in [1.54, 1.807) is 17.7 Å². The van der Waals surface area contributed by atoms with E-state index in [4.69, 9.17) is 11.6 Å². The number of rotatable bonds is 1. The average molecular weight is 294 g/mol. The molecule has 0 aromatic carbocycles. The van der Waals surface area contributed by atoms with Crippen molar-refractivity contribution in [2.24, 2.45) is 0 Å².